The lowest BCUT2D eigenvalue weighted by Crippen LogP contribution is -2.14. The van der Waals surface area contributed by atoms with Gasteiger partial charge in [-0.3, -0.25) is 4.79 Å². The van der Waals surface area contributed by atoms with E-state index in [1.165, 1.54) is 6.33 Å². The first-order valence-electron chi connectivity index (χ1n) is 5.64. The number of carbonyl (C=O) groups is 1. The molecule has 0 saturated heterocycles. The third kappa shape index (κ3) is 3.13. The molecule has 1 N–H and O–H groups in total. The highest BCUT2D eigenvalue weighted by Gasteiger charge is 2.16. The van der Waals surface area contributed by atoms with E-state index in [2.05, 4.69) is 15.5 Å². The molecule has 6 heteroatoms. The van der Waals surface area contributed by atoms with Gasteiger partial charge >= 0.3 is 5.97 Å². The second kappa shape index (κ2) is 5.39. The highest BCUT2D eigenvalue weighted by molar-refractivity contribution is 5.68. The molecule has 0 fully saturated rings. The van der Waals surface area contributed by atoms with E-state index in [4.69, 9.17) is 5.11 Å². The standard InChI is InChI=1S/C12H14N4O2/c1-9-2-4-10(5-3-9)11(6-12(17)18)7-16-8-13-14-15-16/h2-5,8,11H,6-7H2,1H3,(H,17,18). The number of carboxylic acids is 1. The van der Waals surface area contributed by atoms with Gasteiger partial charge in [0.25, 0.3) is 0 Å². The molecular weight excluding hydrogens is 232 g/mol. The van der Waals surface area contributed by atoms with Crippen LogP contribution in [0.5, 0.6) is 0 Å². The van der Waals surface area contributed by atoms with Crippen LogP contribution in [0.1, 0.15) is 23.5 Å². The van der Waals surface area contributed by atoms with Crippen molar-refractivity contribution in [1.82, 2.24) is 20.2 Å². The Balaban J connectivity index is 2.19. The average Bonchev–Trinajstić information content (AvgIpc) is 2.81. The van der Waals surface area contributed by atoms with E-state index in [1.807, 2.05) is 31.2 Å². The third-order valence-electron chi connectivity index (χ3n) is 2.77. The van der Waals surface area contributed by atoms with Gasteiger partial charge in [-0.1, -0.05) is 29.8 Å². The average molecular weight is 246 g/mol. The van der Waals surface area contributed by atoms with Crippen molar-refractivity contribution in [1.29, 1.82) is 0 Å². The molecule has 0 saturated carbocycles. The fourth-order valence-corrected chi connectivity index (χ4v) is 1.83. The first-order valence-corrected chi connectivity index (χ1v) is 5.64. The Hall–Kier alpha value is -2.24. The maximum Gasteiger partial charge on any atom is 0.304 e. The lowest BCUT2D eigenvalue weighted by atomic mass is 9.95. The van der Waals surface area contributed by atoms with Gasteiger partial charge in [0.05, 0.1) is 13.0 Å². The fourth-order valence-electron chi connectivity index (χ4n) is 1.83. The summed E-state index contributed by atoms with van der Waals surface area (Å²) in [5, 5.41) is 19.8. The summed E-state index contributed by atoms with van der Waals surface area (Å²) in [6.07, 6.45) is 1.55. The zero-order valence-corrected chi connectivity index (χ0v) is 10.0. The van der Waals surface area contributed by atoms with Crippen LogP contribution in [0, 0.1) is 6.92 Å². The van der Waals surface area contributed by atoms with E-state index in [-0.39, 0.29) is 12.3 Å². The molecule has 18 heavy (non-hydrogen) atoms. The molecule has 6 nitrogen and oxygen atoms in total. The number of benzene rings is 1. The van der Waals surface area contributed by atoms with E-state index in [0.29, 0.717) is 6.54 Å². The summed E-state index contributed by atoms with van der Waals surface area (Å²) in [6.45, 7) is 2.46. The van der Waals surface area contributed by atoms with Crippen LogP contribution >= 0.6 is 0 Å². The van der Waals surface area contributed by atoms with Gasteiger partial charge in [0, 0.05) is 5.92 Å². The van der Waals surface area contributed by atoms with Gasteiger partial charge < -0.3 is 5.11 Å². The molecule has 1 atom stereocenters. The maximum absolute atomic E-state index is 10.9. The predicted octanol–water partition coefficient (Wildman–Crippen LogP) is 1.24. The van der Waals surface area contributed by atoms with Crippen molar-refractivity contribution < 1.29 is 9.90 Å². The molecule has 0 radical (unpaired) electrons. The minimum Gasteiger partial charge on any atom is -0.481 e. The van der Waals surface area contributed by atoms with Gasteiger partial charge in [-0.05, 0) is 22.9 Å². The van der Waals surface area contributed by atoms with Crippen molar-refractivity contribution in [3.63, 3.8) is 0 Å². The summed E-state index contributed by atoms with van der Waals surface area (Å²) in [5.74, 6) is -0.958. The van der Waals surface area contributed by atoms with Crippen molar-refractivity contribution >= 4 is 5.97 Å². The molecule has 1 heterocycles. The molecule has 0 spiro atoms. The fraction of sp³-hybridized carbons (Fsp3) is 0.333. The van der Waals surface area contributed by atoms with Crippen molar-refractivity contribution in [2.24, 2.45) is 0 Å². The maximum atomic E-state index is 10.9. The Morgan fingerprint density at radius 3 is 2.67 bits per heavy atom. The first-order chi connectivity index (χ1) is 8.65. The zero-order chi connectivity index (χ0) is 13.0. The smallest absolute Gasteiger partial charge is 0.304 e. The van der Waals surface area contributed by atoms with E-state index >= 15 is 0 Å². The highest BCUT2D eigenvalue weighted by atomic mass is 16.4. The van der Waals surface area contributed by atoms with E-state index in [0.717, 1.165) is 11.1 Å². The number of rotatable bonds is 5. The number of aromatic nitrogens is 4. The molecule has 2 rings (SSSR count). The van der Waals surface area contributed by atoms with Crippen LogP contribution in [0.2, 0.25) is 0 Å². The van der Waals surface area contributed by atoms with Crippen molar-refractivity contribution in [3.05, 3.63) is 41.7 Å². The second-order valence-electron chi connectivity index (χ2n) is 4.24. The molecule has 0 aliphatic rings. The molecule has 2 aromatic rings. The number of carboxylic acid groups (broad SMARTS) is 1. The highest BCUT2D eigenvalue weighted by Crippen LogP contribution is 2.21. The predicted molar refractivity (Wildman–Crippen MR) is 64.0 cm³/mol. The van der Waals surface area contributed by atoms with Gasteiger partial charge in [0.2, 0.25) is 0 Å². The molecule has 0 aliphatic carbocycles. The van der Waals surface area contributed by atoms with Crippen LogP contribution in [0.25, 0.3) is 0 Å². The number of aryl methyl sites for hydroxylation is 1. The van der Waals surface area contributed by atoms with Gasteiger partial charge in [0.15, 0.2) is 0 Å². The molecule has 0 aliphatic heterocycles. The Bertz CT molecular complexity index is 507. The lowest BCUT2D eigenvalue weighted by molar-refractivity contribution is -0.137. The van der Waals surface area contributed by atoms with Crippen LogP contribution in [-0.2, 0) is 11.3 Å². The van der Waals surface area contributed by atoms with E-state index < -0.39 is 5.97 Å². The normalized spacial score (nSPS) is 12.3. The second-order valence-corrected chi connectivity index (χ2v) is 4.24. The number of hydrogen-bond donors (Lipinski definition) is 1. The summed E-state index contributed by atoms with van der Waals surface area (Å²) in [7, 11) is 0. The lowest BCUT2D eigenvalue weighted by Gasteiger charge is -2.14. The molecular formula is C12H14N4O2. The molecule has 94 valence electrons. The molecule has 0 bridgehead atoms. The summed E-state index contributed by atoms with van der Waals surface area (Å²) in [6, 6.07) is 7.86. The van der Waals surface area contributed by atoms with E-state index in [1.54, 1.807) is 4.68 Å². The summed E-state index contributed by atoms with van der Waals surface area (Å²) in [4.78, 5) is 10.9. The minimum atomic E-state index is -0.825. The first kappa shape index (κ1) is 12.2. The van der Waals surface area contributed by atoms with Crippen LogP contribution in [0.15, 0.2) is 30.6 Å². The number of tetrazole rings is 1. The Morgan fingerprint density at radius 1 is 1.39 bits per heavy atom. The number of hydrogen-bond acceptors (Lipinski definition) is 4. The van der Waals surface area contributed by atoms with Gasteiger partial charge in [-0.2, -0.15) is 0 Å². The van der Waals surface area contributed by atoms with Gasteiger partial charge in [-0.15, -0.1) is 5.10 Å². The molecule has 1 aromatic carbocycles. The van der Waals surface area contributed by atoms with Gasteiger partial charge in [0.1, 0.15) is 6.33 Å². The quantitative estimate of drug-likeness (QED) is 0.858. The Labute approximate surface area is 104 Å². The summed E-state index contributed by atoms with van der Waals surface area (Å²) >= 11 is 0. The SMILES string of the molecule is Cc1ccc(C(CC(=O)O)Cn2cnnn2)cc1. The topological polar surface area (TPSA) is 80.9 Å². The van der Waals surface area contributed by atoms with Crippen molar-refractivity contribution in [2.75, 3.05) is 0 Å². The largest absolute Gasteiger partial charge is 0.481 e. The zero-order valence-electron chi connectivity index (χ0n) is 10.0. The number of nitrogens with zero attached hydrogens (tertiary/aromatic N) is 4. The Morgan fingerprint density at radius 2 is 2.11 bits per heavy atom. The minimum absolute atomic E-state index is 0.0585. The van der Waals surface area contributed by atoms with Crippen LogP contribution in [-0.4, -0.2) is 31.3 Å². The van der Waals surface area contributed by atoms with Gasteiger partial charge in [-0.25, -0.2) is 4.68 Å². The van der Waals surface area contributed by atoms with Crippen LogP contribution < -0.4 is 0 Å². The molecule has 1 unspecified atom stereocenters. The summed E-state index contributed by atoms with van der Waals surface area (Å²) in [5.41, 5.74) is 2.13. The summed E-state index contributed by atoms with van der Waals surface area (Å²) < 4.78 is 1.55. The van der Waals surface area contributed by atoms with E-state index in [9.17, 15) is 4.79 Å². The van der Waals surface area contributed by atoms with Crippen LogP contribution in [0.3, 0.4) is 0 Å². The van der Waals surface area contributed by atoms with Crippen LogP contribution in [0.4, 0.5) is 0 Å². The third-order valence-corrected chi connectivity index (χ3v) is 2.77. The van der Waals surface area contributed by atoms with Crippen molar-refractivity contribution in [3.8, 4) is 0 Å². The monoisotopic (exact) mass is 246 g/mol. The van der Waals surface area contributed by atoms with Crippen molar-refractivity contribution in [2.45, 2.75) is 25.8 Å². The Kier molecular flexibility index (Phi) is 3.66. The molecule has 1 aromatic heterocycles. The molecule has 0 amide bonds. The number of aliphatic carboxylic acids is 1.